The molecule has 1 saturated heterocycles. The van der Waals surface area contributed by atoms with E-state index in [1.165, 1.54) is 5.56 Å². The van der Waals surface area contributed by atoms with Crippen molar-refractivity contribution in [3.05, 3.63) is 29.8 Å². The van der Waals surface area contributed by atoms with Crippen LogP contribution in [-0.2, 0) is 4.79 Å². The van der Waals surface area contributed by atoms with E-state index in [4.69, 9.17) is 4.74 Å². The summed E-state index contributed by atoms with van der Waals surface area (Å²) in [5.74, 6) is 0.929. The molecule has 138 valence electrons. The van der Waals surface area contributed by atoms with E-state index < -0.39 is 6.10 Å². The Hall–Kier alpha value is -1.63. The van der Waals surface area contributed by atoms with Crippen LogP contribution in [-0.4, -0.2) is 78.8 Å². The number of benzene rings is 1. The number of nitrogens with zero attached hydrogens (tertiary/aromatic N) is 2. The van der Waals surface area contributed by atoms with Crippen molar-refractivity contribution in [2.24, 2.45) is 0 Å². The number of carbonyl (C=O) groups is 1. The fraction of sp³-hybridized carbons (Fsp3) is 0.632. The molecule has 0 aromatic heterocycles. The summed E-state index contributed by atoms with van der Waals surface area (Å²) >= 11 is 0. The van der Waals surface area contributed by atoms with E-state index in [1.807, 2.05) is 31.2 Å². The van der Waals surface area contributed by atoms with Gasteiger partial charge < -0.3 is 15.2 Å². The van der Waals surface area contributed by atoms with Crippen molar-refractivity contribution in [2.75, 3.05) is 45.9 Å². The third-order valence-corrected chi connectivity index (χ3v) is 4.71. The summed E-state index contributed by atoms with van der Waals surface area (Å²) < 4.78 is 5.64. The number of aliphatic hydroxyl groups is 1. The summed E-state index contributed by atoms with van der Waals surface area (Å²) in [4.78, 5) is 16.3. The molecule has 1 atom stereocenters. The minimum atomic E-state index is -0.508. The molecule has 2 fully saturated rings. The van der Waals surface area contributed by atoms with Crippen molar-refractivity contribution in [1.82, 2.24) is 15.1 Å². The second kappa shape index (κ2) is 8.65. The number of hydrogen-bond acceptors (Lipinski definition) is 5. The molecule has 1 aliphatic carbocycles. The van der Waals surface area contributed by atoms with Gasteiger partial charge in [-0.3, -0.25) is 14.6 Å². The molecule has 1 aromatic carbocycles. The third-order valence-electron chi connectivity index (χ3n) is 4.71. The van der Waals surface area contributed by atoms with E-state index in [9.17, 15) is 9.90 Å². The fourth-order valence-electron chi connectivity index (χ4n) is 3.01. The van der Waals surface area contributed by atoms with Crippen molar-refractivity contribution >= 4 is 5.91 Å². The van der Waals surface area contributed by atoms with E-state index in [-0.39, 0.29) is 5.91 Å². The number of piperazine rings is 1. The van der Waals surface area contributed by atoms with Gasteiger partial charge in [0.05, 0.1) is 6.54 Å². The molecule has 2 aliphatic rings. The standard InChI is InChI=1S/C19H29N3O3/c1-15-2-6-18(7-3-15)25-14-17(23)12-21-8-10-22(11-9-21)13-19(24)20-16-4-5-16/h2-3,6-7,16-17,23H,4-5,8-14H2,1H3,(H,20,24)/t17-/m1/s1. The minimum absolute atomic E-state index is 0.141. The first-order valence-corrected chi connectivity index (χ1v) is 9.20. The van der Waals surface area contributed by atoms with Gasteiger partial charge in [0.15, 0.2) is 0 Å². The van der Waals surface area contributed by atoms with Crippen LogP contribution in [0.2, 0.25) is 0 Å². The molecular weight excluding hydrogens is 318 g/mol. The number of rotatable bonds is 8. The SMILES string of the molecule is Cc1ccc(OC[C@H](O)CN2CCN(CC(=O)NC3CC3)CC2)cc1. The van der Waals surface area contributed by atoms with E-state index in [2.05, 4.69) is 15.1 Å². The highest BCUT2D eigenvalue weighted by molar-refractivity contribution is 5.78. The number of carbonyl (C=O) groups excluding carboxylic acids is 1. The predicted molar refractivity (Wildman–Crippen MR) is 96.7 cm³/mol. The average molecular weight is 347 g/mol. The third kappa shape index (κ3) is 6.30. The van der Waals surface area contributed by atoms with Crippen LogP contribution in [0.15, 0.2) is 24.3 Å². The van der Waals surface area contributed by atoms with Crippen molar-refractivity contribution < 1.29 is 14.6 Å². The lowest BCUT2D eigenvalue weighted by Gasteiger charge is -2.35. The number of amides is 1. The molecule has 0 unspecified atom stereocenters. The van der Waals surface area contributed by atoms with Crippen LogP contribution >= 0.6 is 0 Å². The van der Waals surface area contributed by atoms with Crippen LogP contribution in [0.4, 0.5) is 0 Å². The monoisotopic (exact) mass is 347 g/mol. The molecule has 1 heterocycles. The first-order chi connectivity index (χ1) is 12.1. The van der Waals surface area contributed by atoms with Crippen LogP contribution in [0.1, 0.15) is 18.4 Å². The van der Waals surface area contributed by atoms with Crippen molar-refractivity contribution in [2.45, 2.75) is 31.9 Å². The van der Waals surface area contributed by atoms with E-state index in [0.29, 0.717) is 25.7 Å². The quantitative estimate of drug-likeness (QED) is 0.722. The molecule has 6 nitrogen and oxygen atoms in total. The highest BCUT2D eigenvalue weighted by Crippen LogP contribution is 2.18. The Bertz CT molecular complexity index is 552. The van der Waals surface area contributed by atoms with Crippen molar-refractivity contribution in [1.29, 1.82) is 0 Å². The zero-order valence-corrected chi connectivity index (χ0v) is 15.0. The maximum atomic E-state index is 11.8. The van der Waals surface area contributed by atoms with Gasteiger partial charge in [-0.05, 0) is 31.9 Å². The molecule has 25 heavy (non-hydrogen) atoms. The largest absolute Gasteiger partial charge is 0.491 e. The van der Waals surface area contributed by atoms with E-state index >= 15 is 0 Å². The van der Waals surface area contributed by atoms with Gasteiger partial charge in [-0.2, -0.15) is 0 Å². The van der Waals surface area contributed by atoms with Crippen LogP contribution in [0.3, 0.4) is 0 Å². The number of hydrogen-bond donors (Lipinski definition) is 2. The average Bonchev–Trinajstić information content (AvgIpc) is 3.40. The Morgan fingerprint density at radius 3 is 2.48 bits per heavy atom. The van der Waals surface area contributed by atoms with E-state index in [1.54, 1.807) is 0 Å². The van der Waals surface area contributed by atoms with Gasteiger partial charge in [-0.15, -0.1) is 0 Å². The van der Waals surface area contributed by atoms with Gasteiger partial charge in [0.25, 0.3) is 0 Å². The molecular formula is C19H29N3O3. The summed E-state index contributed by atoms with van der Waals surface area (Å²) in [7, 11) is 0. The molecule has 1 saturated carbocycles. The highest BCUT2D eigenvalue weighted by Gasteiger charge is 2.25. The molecule has 0 spiro atoms. The number of ether oxygens (including phenoxy) is 1. The Morgan fingerprint density at radius 2 is 1.84 bits per heavy atom. The molecule has 0 bridgehead atoms. The van der Waals surface area contributed by atoms with Crippen LogP contribution in [0.5, 0.6) is 5.75 Å². The van der Waals surface area contributed by atoms with Crippen LogP contribution in [0, 0.1) is 6.92 Å². The van der Waals surface area contributed by atoms with Crippen molar-refractivity contribution in [3.63, 3.8) is 0 Å². The Kier molecular flexibility index (Phi) is 6.29. The topological polar surface area (TPSA) is 65.0 Å². The van der Waals surface area contributed by atoms with Crippen LogP contribution < -0.4 is 10.1 Å². The maximum absolute atomic E-state index is 11.8. The summed E-state index contributed by atoms with van der Waals surface area (Å²) in [6.07, 6.45) is 1.75. The fourth-order valence-corrected chi connectivity index (χ4v) is 3.01. The lowest BCUT2D eigenvalue weighted by Crippen LogP contribution is -2.51. The molecule has 2 N–H and O–H groups in total. The van der Waals surface area contributed by atoms with Gasteiger partial charge in [-0.25, -0.2) is 0 Å². The van der Waals surface area contributed by atoms with Gasteiger partial charge in [0.1, 0.15) is 18.5 Å². The Labute approximate surface area is 149 Å². The molecule has 0 radical (unpaired) electrons. The van der Waals surface area contributed by atoms with E-state index in [0.717, 1.165) is 44.8 Å². The number of aliphatic hydroxyl groups excluding tert-OH is 1. The number of nitrogens with one attached hydrogen (secondary N) is 1. The lowest BCUT2D eigenvalue weighted by molar-refractivity contribution is -0.122. The number of aryl methyl sites for hydroxylation is 1. The zero-order valence-electron chi connectivity index (χ0n) is 15.0. The molecule has 1 aliphatic heterocycles. The smallest absolute Gasteiger partial charge is 0.234 e. The highest BCUT2D eigenvalue weighted by atomic mass is 16.5. The summed E-state index contributed by atoms with van der Waals surface area (Å²) in [5, 5.41) is 13.2. The summed E-state index contributed by atoms with van der Waals surface area (Å²) in [6.45, 7) is 6.90. The Balaban J connectivity index is 1.31. The molecule has 1 aromatic rings. The van der Waals surface area contributed by atoms with Gasteiger partial charge in [-0.1, -0.05) is 17.7 Å². The second-order valence-corrected chi connectivity index (χ2v) is 7.20. The van der Waals surface area contributed by atoms with Gasteiger partial charge in [0.2, 0.25) is 5.91 Å². The van der Waals surface area contributed by atoms with Crippen LogP contribution in [0.25, 0.3) is 0 Å². The second-order valence-electron chi connectivity index (χ2n) is 7.20. The zero-order chi connectivity index (χ0) is 17.6. The lowest BCUT2D eigenvalue weighted by atomic mass is 10.2. The van der Waals surface area contributed by atoms with Gasteiger partial charge >= 0.3 is 0 Å². The van der Waals surface area contributed by atoms with Crippen molar-refractivity contribution in [3.8, 4) is 5.75 Å². The molecule has 3 rings (SSSR count). The summed E-state index contributed by atoms with van der Waals surface area (Å²) in [5.41, 5.74) is 1.19. The number of β-amino-alcohol motifs (C(OH)–C–C–N with tert-alkyl or cyclic N) is 1. The minimum Gasteiger partial charge on any atom is -0.491 e. The van der Waals surface area contributed by atoms with Gasteiger partial charge in [0, 0.05) is 38.8 Å². The summed E-state index contributed by atoms with van der Waals surface area (Å²) in [6, 6.07) is 8.28. The normalized spacial score (nSPS) is 20.2. The molecule has 6 heteroatoms. The predicted octanol–water partition coefficient (Wildman–Crippen LogP) is 0.631. The maximum Gasteiger partial charge on any atom is 0.234 e. The first kappa shape index (κ1) is 18.2. The molecule has 1 amide bonds. The Morgan fingerprint density at radius 1 is 1.20 bits per heavy atom. The first-order valence-electron chi connectivity index (χ1n) is 9.20.